The number of alkyl halides is 1. The maximum absolute atomic E-state index is 12.9. The zero-order valence-corrected chi connectivity index (χ0v) is 16.2. The van der Waals surface area contributed by atoms with Crippen molar-refractivity contribution in [2.24, 2.45) is 0 Å². The summed E-state index contributed by atoms with van der Waals surface area (Å²) in [5.41, 5.74) is -0.252. The number of ketones is 1. The van der Waals surface area contributed by atoms with E-state index in [2.05, 4.69) is 0 Å². The minimum absolute atomic E-state index is 0.0615. The van der Waals surface area contributed by atoms with Gasteiger partial charge >= 0.3 is 5.97 Å². The number of aliphatic carboxylic acids is 1. The molecule has 152 valence electrons. The largest absolute Gasteiger partial charge is 0.478 e. The van der Waals surface area contributed by atoms with Crippen molar-refractivity contribution in [3.63, 3.8) is 0 Å². The van der Waals surface area contributed by atoms with Gasteiger partial charge in [0, 0.05) is 11.1 Å². The van der Waals surface area contributed by atoms with Gasteiger partial charge in [0.2, 0.25) is 0 Å². The highest BCUT2D eigenvalue weighted by molar-refractivity contribution is 6.39. The molecule has 1 aliphatic rings. The maximum atomic E-state index is 12.9. The number of rotatable bonds is 9. The van der Waals surface area contributed by atoms with Gasteiger partial charge in [-0.05, 0) is 25.3 Å². The Morgan fingerprint density at radius 1 is 1.37 bits per heavy atom. The maximum Gasteiger partial charge on any atom is 0.330 e. The van der Waals surface area contributed by atoms with E-state index in [-0.39, 0.29) is 23.1 Å². The van der Waals surface area contributed by atoms with Crippen LogP contribution in [0.1, 0.15) is 39.5 Å². The topological polar surface area (TPSA) is 135 Å². The highest BCUT2D eigenvalue weighted by Gasteiger charge is 2.51. The summed E-state index contributed by atoms with van der Waals surface area (Å²) in [6.45, 7) is 2.62. The number of aliphatic hydroxyl groups excluding tert-OH is 4. The van der Waals surface area contributed by atoms with Crippen LogP contribution in [-0.2, 0) is 9.59 Å². The van der Waals surface area contributed by atoms with Crippen LogP contribution in [-0.4, -0.2) is 67.1 Å². The van der Waals surface area contributed by atoms with Crippen molar-refractivity contribution in [2.75, 3.05) is 6.61 Å². The third-order valence-corrected chi connectivity index (χ3v) is 5.19. The molecule has 0 saturated heterocycles. The molecular weight excluding hydrogens is 376 g/mol. The Hall–Kier alpha value is -1.51. The minimum Gasteiger partial charge on any atom is -0.478 e. The number of hydrogen-bond donors (Lipinski definition) is 5. The van der Waals surface area contributed by atoms with E-state index in [1.807, 2.05) is 6.92 Å². The van der Waals surface area contributed by atoms with Crippen LogP contribution in [0.25, 0.3) is 0 Å². The van der Waals surface area contributed by atoms with Crippen LogP contribution in [0.2, 0.25) is 0 Å². The summed E-state index contributed by atoms with van der Waals surface area (Å²) < 4.78 is 0. The Balaban J connectivity index is 3.25. The van der Waals surface area contributed by atoms with Gasteiger partial charge in [-0.3, -0.25) is 4.79 Å². The molecule has 27 heavy (non-hydrogen) atoms. The average molecular weight is 403 g/mol. The second-order valence-corrected chi connectivity index (χ2v) is 7.32. The molecule has 0 radical (unpaired) electrons. The van der Waals surface area contributed by atoms with E-state index in [1.165, 1.54) is 25.2 Å². The molecule has 0 aromatic rings. The van der Waals surface area contributed by atoms with Crippen LogP contribution in [0, 0.1) is 0 Å². The second kappa shape index (κ2) is 10.1. The monoisotopic (exact) mass is 402 g/mol. The van der Waals surface area contributed by atoms with Crippen LogP contribution in [0.5, 0.6) is 0 Å². The summed E-state index contributed by atoms with van der Waals surface area (Å²) in [6.07, 6.45) is 1.55. The molecule has 4 atom stereocenters. The molecule has 0 saturated carbocycles. The first kappa shape index (κ1) is 23.5. The second-order valence-electron chi connectivity index (χ2n) is 6.64. The number of unbranched alkanes of at least 4 members (excludes halogenated alkanes) is 1. The normalized spacial score (nSPS) is 28.1. The third kappa shape index (κ3) is 5.49. The van der Waals surface area contributed by atoms with Crippen molar-refractivity contribution < 1.29 is 35.1 Å². The Labute approximate surface area is 163 Å². The van der Waals surface area contributed by atoms with Crippen LogP contribution in [0.15, 0.2) is 34.9 Å². The minimum atomic E-state index is -1.98. The molecule has 8 heteroatoms. The van der Waals surface area contributed by atoms with E-state index in [9.17, 15) is 30.0 Å². The lowest BCUT2D eigenvalue weighted by atomic mass is 9.76. The van der Waals surface area contributed by atoms with Gasteiger partial charge in [0.15, 0.2) is 5.78 Å². The Morgan fingerprint density at radius 3 is 2.52 bits per heavy atom. The van der Waals surface area contributed by atoms with Gasteiger partial charge in [0.1, 0.15) is 17.1 Å². The molecule has 0 aromatic heterocycles. The van der Waals surface area contributed by atoms with Gasteiger partial charge < -0.3 is 25.5 Å². The fourth-order valence-electron chi connectivity index (χ4n) is 2.78. The quantitative estimate of drug-likeness (QED) is 0.287. The fraction of sp³-hybridized carbons (Fsp3) is 0.579. The molecule has 7 nitrogen and oxygen atoms in total. The smallest absolute Gasteiger partial charge is 0.330 e. The average Bonchev–Trinajstić information content (AvgIpc) is 2.64. The first-order chi connectivity index (χ1) is 12.6. The van der Waals surface area contributed by atoms with Gasteiger partial charge in [-0.1, -0.05) is 38.0 Å². The van der Waals surface area contributed by atoms with Crippen molar-refractivity contribution in [3.8, 4) is 0 Å². The molecule has 5 N–H and O–H groups in total. The summed E-state index contributed by atoms with van der Waals surface area (Å²) in [4.78, 5) is 21.9. The molecule has 0 heterocycles. The molecule has 0 fully saturated rings. The Bertz CT molecular complexity index is 652. The predicted molar refractivity (Wildman–Crippen MR) is 100 cm³/mol. The van der Waals surface area contributed by atoms with Crippen molar-refractivity contribution >= 4 is 23.4 Å². The summed E-state index contributed by atoms with van der Waals surface area (Å²) in [5.74, 6) is -1.95. The van der Waals surface area contributed by atoms with Crippen LogP contribution >= 0.6 is 11.6 Å². The van der Waals surface area contributed by atoms with Gasteiger partial charge in [-0.15, -0.1) is 11.6 Å². The molecule has 0 bridgehead atoms. The summed E-state index contributed by atoms with van der Waals surface area (Å²) >= 11 is 6.33. The number of halogens is 1. The van der Waals surface area contributed by atoms with Gasteiger partial charge in [-0.25, -0.2) is 4.79 Å². The summed E-state index contributed by atoms with van der Waals surface area (Å²) in [7, 11) is 0. The number of hydrogen-bond acceptors (Lipinski definition) is 6. The zero-order valence-electron chi connectivity index (χ0n) is 15.4. The first-order valence-corrected chi connectivity index (χ1v) is 9.18. The zero-order chi connectivity index (χ0) is 20.8. The molecule has 1 rings (SSSR count). The number of carboxylic acids is 1. The molecular formula is C19H27ClO7. The van der Waals surface area contributed by atoms with E-state index < -0.39 is 41.5 Å². The molecule has 1 aliphatic carbocycles. The summed E-state index contributed by atoms with van der Waals surface area (Å²) in [6, 6.07) is 0. The van der Waals surface area contributed by atoms with E-state index in [4.69, 9.17) is 16.7 Å². The number of aliphatic hydroxyl groups is 4. The van der Waals surface area contributed by atoms with Crippen molar-refractivity contribution in [2.45, 2.75) is 62.7 Å². The number of Topliss-reactive ketones (excluding diaryl/α,β-unsaturated/α-hetero) is 1. The van der Waals surface area contributed by atoms with Gasteiger partial charge in [0.25, 0.3) is 0 Å². The Morgan fingerprint density at radius 2 is 2.00 bits per heavy atom. The van der Waals surface area contributed by atoms with Crippen molar-refractivity contribution in [1.29, 1.82) is 0 Å². The molecule has 0 aliphatic heterocycles. The third-order valence-electron chi connectivity index (χ3n) is 4.64. The molecule has 0 amide bonds. The summed E-state index contributed by atoms with van der Waals surface area (Å²) in [5, 5.41) is 49.0. The highest BCUT2D eigenvalue weighted by Crippen LogP contribution is 2.39. The van der Waals surface area contributed by atoms with E-state index in [0.717, 1.165) is 12.8 Å². The number of carbonyl (C=O) groups is 2. The van der Waals surface area contributed by atoms with E-state index in [1.54, 1.807) is 0 Å². The SMILES string of the molecule is CCCCC(O)/C=C/C1=C(CO)[C@@H](O)[C@@H](O)[C@](Cl)(C/C=C(\C)C(=O)O)C1=O. The van der Waals surface area contributed by atoms with E-state index in [0.29, 0.717) is 6.42 Å². The lowest BCUT2D eigenvalue weighted by Crippen LogP contribution is -2.55. The van der Waals surface area contributed by atoms with Crippen molar-refractivity contribution in [1.82, 2.24) is 0 Å². The number of allylic oxidation sites excluding steroid dienone is 3. The molecule has 1 unspecified atom stereocenters. The number of carboxylic acid groups (broad SMARTS) is 1. The van der Waals surface area contributed by atoms with Crippen molar-refractivity contribution in [3.05, 3.63) is 34.9 Å². The fourth-order valence-corrected chi connectivity index (χ4v) is 3.08. The lowest BCUT2D eigenvalue weighted by Gasteiger charge is -2.39. The lowest BCUT2D eigenvalue weighted by molar-refractivity contribution is -0.132. The van der Waals surface area contributed by atoms with Gasteiger partial charge in [0.05, 0.1) is 12.7 Å². The van der Waals surface area contributed by atoms with Crippen LogP contribution in [0.3, 0.4) is 0 Å². The van der Waals surface area contributed by atoms with Crippen LogP contribution in [0.4, 0.5) is 0 Å². The van der Waals surface area contributed by atoms with E-state index >= 15 is 0 Å². The highest BCUT2D eigenvalue weighted by atomic mass is 35.5. The standard InChI is InChI=1S/C19H27ClO7/c1-3-4-5-12(22)6-7-13-14(10-21)15(23)17(25)19(20,16(13)24)9-8-11(2)18(26)27/h6-8,12,15,17,21-23,25H,3-5,9-10H2,1-2H3,(H,26,27)/b7-6+,11-8+/t12?,15-,17-,19+/m1/s1. The Kier molecular flexibility index (Phi) is 8.84. The first-order valence-electron chi connectivity index (χ1n) is 8.80. The predicted octanol–water partition coefficient (Wildman–Crippen LogP) is 1.09. The number of carbonyl (C=O) groups excluding carboxylic acids is 1. The van der Waals surface area contributed by atoms with Gasteiger partial charge in [-0.2, -0.15) is 0 Å². The molecule has 0 spiro atoms. The van der Waals surface area contributed by atoms with Crippen LogP contribution < -0.4 is 0 Å². The molecule has 0 aromatic carbocycles.